The second-order valence-electron chi connectivity index (χ2n) is 4.15. The first kappa shape index (κ1) is 14.7. The molecule has 0 atom stereocenters. The number of nitrogens with zero attached hydrogens (tertiary/aromatic N) is 2. The van der Waals surface area contributed by atoms with Gasteiger partial charge in [-0.2, -0.15) is 0 Å². The summed E-state index contributed by atoms with van der Waals surface area (Å²) in [6.07, 6.45) is 5.22. The van der Waals surface area contributed by atoms with E-state index < -0.39 is 0 Å². The maximum absolute atomic E-state index is 5.45. The Morgan fingerprint density at radius 1 is 0.765 bits per heavy atom. The van der Waals surface area contributed by atoms with Crippen LogP contribution < -0.4 is 0 Å². The minimum atomic E-state index is -0.204. The average Bonchev–Trinajstić information content (AvgIpc) is 3.02. The Labute approximate surface area is 130 Å². The third kappa shape index (κ3) is 4.70. The van der Waals surface area contributed by atoms with Crippen molar-refractivity contribution < 1.29 is 0 Å². The van der Waals surface area contributed by atoms with Crippen molar-refractivity contribution >= 4 is 69.2 Å². The first-order valence-corrected chi connectivity index (χ1v) is 13.9. The summed E-state index contributed by atoms with van der Waals surface area (Å²) in [6, 6.07) is 0. The van der Waals surface area contributed by atoms with Crippen molar-refractivity contribution in [3.05, 3.63) is 0 Å². The van der Waals surface area contributed by atoms with Gasteiger partial charge in [-0.15, -0.1) is 0 Å². The molecule has 0 aromatic heterocycles. The van der Waals surface area contributed by atoms with Gasteiger partial charge >= 0.3 is 131 Å². The molecule has 0 saturated carbocycles. The fourth-order valence-corrected chi connectivity index (χ4v) is 12.5. The number of rotatable bonds is 2. The Morgan fingerprint density at radius 3 is 1.47 bits per heavy atom. The van der Waals surface area contributed by atoms with Gasteiger partial charge in [0.05, 0.1) is 0 Å². The maximum atomic E-state index is 5.45. The van der Waals surface area contributed by atoms with E-state index in [1.165, 1.54) is 51.9 Å². The second kappa shape index (κ2) is 7.76. The van der Waals surface area contributed by atoms with Crippen molar-refractivity contribution in [2.75, 3.05) is 26.2 Å². The Bertz CT molecular complexity index is 260. The van der Waals surface area contributed by atoms with Gasteiger partial charge in [-0.3, -0.25) is 0 Å². The van der Waals surface area contributed by atoms with Crippen LogP contribution in [0.3, 0.4) is 0 Å². The fraction of sp³-hybridized carbons (Fsp3) is 0.800. The molecule has 0 aromatic carbocycles. The molecule has 0 N–H and O–H groups in total. The van der Waals surface area contributed by atoms with Gasteiger partial charge in [0.15, 0.2) is 0 Å². The zero-order valence-electron chi connectivity index (χ0n) is 9.59. The van der Waals surface area contributed by atoms with Crippen LogP contribution in [-0.4, -0.2) is 62.8 Å². The van der Waals surface area contributed by atoms with Gasteiger partial charge in [-0.25, -0.2) is 0 Å². The molecular formula is C10H16N2S4Te. The third-order valence-electron chi connectivity index (χ3n) is 2.94. The van der Waals surface area contributed by atoms with Crippen molar-refractivity contribution in [1.82, 2.24) is 9.80 Å². The van der Waals surface area contributed by atoms with E-state index in [0.717, 1.165) is 8.64 Å². The van der Waals surface area contributed by atoms with E-state index in [0.29, 0.717) is 0 Å². The SMILES string of the molecule is S=C(S[Te]SC(=S)N1CCCC1)N1CCCC1. The molecule has 7 heteroatoms. The molecule has 0 aliphatic carbocycles. The number of hydrogen-bond donors (Lipinski definition) is 0. The molecule has 0 spiro atoms. The van der Waals surface area contributed by atoms with Gasteiger partial charge in [-0.1, -0.05) is 0 Å². The van der Waals surface area contributed by atoms with E-state index in [9.17, 15) is 0 Å². The number of hydrogen-bond acceptors (Lipinski definition) is 4. The fourth-order valence-electron chi connectivity index (χ4n) is 1.98. The van der Waals surface area contributed by atoms with Crippen LogP contribution in [0.5, 0.6) is 0 Å². The second-order valence-corrected chi connectivity index (χ2v) is 13.4. The van der Waals surface area contributed by atoms with Crippen molar-refractivity contribution in [1.29, 1.82) is 0 Å². The molecule has 2 nitrogen and oxygen atoms in total. The molecule has 0 aromatic rings. The van der Waals surface area contributed by atoms with Crippen LogP contribution in [0.25, 0.3) is 0 Å². The molecule has 2 rings (SSSR count). The van der Waals surface area contributed by atoms with Crippen LogP contribution >= 0.6 is 42.4 Å². The molecule has 2 aliphatic rings. The summed E-state index contributed by atoms with van der Waals surface area (Å²) in [6.45, 7) is 4.67. The molecule has 2 heterocycles. The summed E-state index contributed by atoms with van der Waals surface area (Å²) in [4.78, 5) is 4.70. The van der Waals surface area contributed by atoms with Crippen molar-refractivity contribution in [2.24, 2.45) is 0 Å². The van der Waals surface area contributed by atoms with Gasteiger partial charge in [-0.05, 0) is 0 Å². The monoisotopic (exact) mass is 422 g/mol. The summed E-state index contributed by atoms with van der Waals surface area (Å²) in [5.41, 5.74) is 0. The molecule has 2 aliphatic heterocycles. The Kier molecular flexibility index (Phi) is 6.70. The van der Waals surface area contributed by atoms with E-state index >= 15 is 0 Å². The molecule has 0 radical (unpaired) electrons. The summed E-state index contributed by atoms with van der Waals surface area (Å²) >= 11 is 10.7. The molecule has 2 fully saturated rings. The van der Waals surface area contributed by atoms with Gasteiger partial charge in [0.2, 0.25) is 0 Å². The first-order valence-electron chi connectivity index (χ1n) is 5.86. The van der Waals surface area contributed by atoms with Gasteiger partial charge < -0.3 is 0 Å². The average molecular weight is 420 g/mol. The molecule has 0 amide bonds. The van der Waals surface area contributed by atoms with E-state index in [4.69, 9.17) is 24.4 Å². The van der Waals surface area contributed by atoms with Crippen LogP contribution in [0.15, 0.2) is 0 Å². The van der Waals surface area contributed by atoms with Crippen LogP contribution in [0.4, 0.5) is 0 Å². The Hall–Kier alpha value is 1.27. The topological polar surface area (TPSA) is 6.48 Å². The summed E-state index contributed by atoms with van der Waals surface area (Å²) in [5.74, 6) is 0. The van der Waals surface area contributed by atoms with E-state index in [2.05, 4.69) is 9.80 Å². The van der Waals surface area contributed by atoms with E-state index in [1.54, 1.807) is 0 Å². The van der Waals surface area contributed by atoms with E-state index in [1.807, 2.05) is 18.0 Å². The molecule has 0 bridgehead atoms. The number of likely N-dealkylation sites (tertiary alicyclic amines) is 2. The zero-order valence-corrected chi connectivity index (χ0v) is 15.2. The molecule has 96 valence electrons. The molecule has 2 saturated heterocycles. The van der Waals surface area contributed by atoms with Gasteiger partial charge in [0.1, 0.15) is 0 Å². The van der Waals surface area contributed by atoms with Crippen LogP contribution in [-0.2, 0) is 0 Å². The van der Waals surface area contributed by atoms with Gasteiger partial charge in [0.25, 0.3) is 0 Å². The quantitative estimate of drug-likeness (QED) is 0.498. The zero-order chi connectivity index (χ0) is 12.1. The standard InChI is InChI=1S/C10H16N2S4Te/c13-9(11-5-1-2-6-11)15-17-16-10(14)12-7-3-4-8-12/h1-8H2. The Morgan fingerprint density at radius 2 is 1.12 bits per heavy atom. The summed E-state index contributed by atoms with van der Waals surface area (Å²) in [7, 11) is 3.79. The van der Waals surface area contributed by atoms with Crippen LogP contribution in [0, 0.1) is 0 Å². The van der Waals surface area contributed by atoms with Gasteiger partial charge in [0, 0.05) is 0 Å². The predicted molar refractivity (Wildman–Crippen MR) is 87.7 cm³/mol. The first-order chi connectivity index (χ1) is 8.27. The van der Waals surface area contributed by atoms with Crippen molar-refractivity contribution in [3.63, 3.8) is 0 Å². The van der Waals surface area contributed by atoms with Crippen molar-refractivity contribution in [2.45, 2.75) is 25.7 Å². The predicted octanol–water partition coefficient (Wildman–Crippen LogP) is 2.75. The Balaban J connectivity index is 1.61. The number of thiocarbonyl (C=S) groups is 2. The normalized spacial score (nSPS) is 20.0. The third-order valence-corrected chi connectivity index (χ3v) is 13.5. The minimum absolute atomic E-state index is 0.204. The van der Waals surface area contributed by atoms with E-state index in [-0.39, 0.29) is 18.2 Å². The summed E-state index contributed by atoms with van der Waals surface area (Å²) < 4.78 is 2.23. The molecule has 0 unspecified atom stereocenters. The summed E-state index contributed by atoms with van der Waals surface area (Å²) in [5, 5.41) is 0. The van der Waals surface area contributed by atoms with Crippen LogP contribution in [0.1, 0.15) is 25.7 Å². The van der Waals surface area contributed by atoms with Crippen LogP contribution in [0.2, 0.25) is 0 Å². The molecule has 17 heavy (non-hydrogen) atoms. The molecular weight excluding hydrogens is 404 g/mol. The van der Waals surface area contributed by atoms with Crippen molar-refractivity contribution in [3.8, 4) is 0 Å².